The Morgan fingerprint density at radius 1 is 1.61 bits per heavy atom. The Balaban J connectivity index is 2.99. The lowest BCUT2D eigenvalue weighted by Gasteiger charge is -2.24. The monoisotopic (exact) mass is 250 g/mol. The van der Waals surface area contributed by atoms with Crippen LogP contribution in [0, 0.1) is 11.3 Å². The van der Waals surface area contributed by atoms with Crippen molar-refractivity contribution in [2.75, 3.05) is 24.5 Å². The molecular weight excluding hydrogens is 232 g/mol. The van der Waals surface area contributed by atoms with Crippen LogP contribution in [0.4, 0.5) is 11.6 Å². The topological polar surface area (TPSA) is 100 Å². The maximum Gasteiger partial charge on any atom is 0.158 e. The molecule has 0 bridgehead atoms. The van der Waals surface area contributed by atoms with E-state index in [1.807, 2.05) is 18.9 Å². The van der Waals surface area contributed by atoms with Crippen LogP contribution in [-0.2, 0) is 11.3 Å². The van der Waals surface area contributed by atoms with Crippen molar-refractivity contribution in [3.63, 3.8) is 0 Å². The molecule has 0 spiro atoms. The molecule has 0 saturated carbocycles. The number of hydrogen-bond acceptors (Lipinski definition) is 7. The Morgan fingerprint density at radius 2 is 2.33 bits per heavy atom. The van der Waals surface area contributed by atoms with Gasteiger partial charge in [-0.25, -0.2) is 15.8 Å². The lowest BCUT2D eigenvalue weighted by atomic mass is 10.2. The van der Waals surface area contributed by atoms with E-state index in [4.69, 9.17) is 15.8 Å². The van der Waals surface area contributed by atoms with Crippen LogP contribution in [0.25, 0.3) is 0 Å². The first-order valence-corrected chi connectivity index (χ1v) is 5.55. The molecule has 1 aromatic heterocycles. The summed E-state index contributed by atoms with van der Waals surface area (Å²) < 4.78 is 5.01. The summed E-state index contributed by atoms with van der Waals surface area (Å²) in [4.78, 5) is 10.4. The quantitative estimate of drug-likeness (QED) is 0.564. The van der Waals surface area contributed by atoms with Crippen LogP contribution in [0.1, 0.15) is 19.2 Å². The maximum atomic E-state index is 8.71. The van der Waals surface area contributed by atoms with Gasteiger partial charge in [0.1, 0.15) is 18.2 Å². The Kier molecular flexibility index (Phi) is 5.30. The number of nitrogens with one attached hydrogen (secondary N) is 1. The SMILES string of the molecule is COCc1nc(NN)cc(N(C)C(C)CC#N)n1. The third-order valence-electron chi connectivity index (χ3n) is 2.59. The number of methoxy groups -OCH3 is 1. The van der Waals surface area contributed by atoms with Crippen molar-refractivity contribution in [1.29, 1.82) is 5.26 Å². The van der Waals surface area contributed by atoms with Gasteiger partial charge in [0.25, 0.3) is 0 Å². The second kappa shape index (κ2) is 6.74. The van der Waals surface area contributed by atoms with Crippen molar-refractivity contribution < 1.29 is 4.74 Å². The van der Waals surface area contributed by atoms with E-state index in [-0.39, 0.29) is 6.04 Å². The predicted molar refractivity (Wildman–Crippen MR) is 68.7 cm³/mol. The molecular formula is C11H18N6O. The first-order chi connectivity index (χ1) is 8.62. The summed E-state index contributed by atoms with van der Waals surface area (Å²) in [5.74, 6) is 7.13. The van der Waals surface area contributed by atoms with Gasteiger partial charge in [-0.1, -0.05) is 0 Å². The Labute approximate surface area is 107 Å². The number of ether oxygens (including phenoxy) is 1. The minimum absolute atomic E-state index is 0.0610. The first-order valence-electron chi connectivity index (χ1n) is 5.55. The fraction of sp³-hybridized carbons (Fsp3) is 0.545. The average Bonchev–Trinajstić information content (AvgIpc) is 2.38. The van der Waals surface area contributed by atoms with Gasteiger partial charge in [0, 0.05) is 26.3 Å². The molecule has 0 amide bonds. The predicted octanol–water partition coefficient (Wildman–Crippen LogP) is 0.647. The molecule has 0 fully saturated rings. The van der Waals surface area contributed by atoms with Crippen LogP contribution in [0.15, 0.2) is 6.07 Å². The number of rotatable bonds is 6. The second-order valence-electron chi connectivity index (χ2n) is 3.93. The fourth-order valence-electron chi connectivity index (χ4n) is 1.43. The highest BCUT2D eigenvalue weighted by Gasteiger charge is 2.13. The molecule has 18 heavy (non-hydrogen) atoms. The van der Waals surface area contributed by atoms with Crippen molar-refractivity contribution >= 4 is 11.6 Å². The highest BCUT2D eigenvalue weighted by molar-refractivity contribution is 5.49. The molecule has 0 aliphatic heterocycles. The second-order valence-corrected chi connectivity index (χ2v) is 3.93. The van der Waals surface area contributed by atoms with Gasteiger partial charge in [0.2, 0.25) is 0 Å². The van der Waals surface area contributed by atoms with E-state index in [0.717, 1.165) is 0 Å². The molecule has 1 unspecified atom stereocenters. The van der Waals surface area contributed by atoms with Gasteiger partial charge in [-0.2, -0.15) is 5.26 Å². The van der Waals surface area contributed by atoms with E-state index in [0.29, 0.717) is 30.5 Å². The number of nitriles is 1. The zero-order valence-corrected chi connectivity index (χ0v) is 10.8. The van der Waals surface area contributed by atoms with Crippen LogP contribution in [0.5, 0.6) is 0 Å². The summed E-state index contributed by atoms with van der Waals surface area (Å²) in [6.45, 7) is 2.26. The first kappa shape index (κ1) is 14.2. The normalized spacial score (nSPS) is 11.7. The molecule has 1 rings (SSSR count). The summed E-state index contributed by atoms with van der Waals surface area (Å²) in [5, 5.41) is 8.71. The molecule has 1 atom stereocenters. The number of aromatic nitrogens is 2. The molecule has 0 radical (unpaired) electrons. The molecule has 1 heterocycles. The number of nitrogens with two attached hydrogens (primary N) is 1. The van der Waals surface area contributed by atoms with Gasteiger partial charge in [0.15, 0.2) is 5.82 Å². The van der Waals surface area contributed by atoms with Crippen LogP contribution >= 0.6 is 0 Å². The van der Waals surface area contributed by atoms with Gasteiger partial charge in [-0.05, 0) is 6.92 Å². The summed E-state index contributed by atoms with van der Waals surface area (Å²) in [6, 6.07) is 3.93. The average molecular weight is 250 g/mol. The highest BCUT2D eigenvalue weighted by atomic mass is 16.5. The van der Waals surface area contributed by atoms with Crippen molar-refractivity contribution in [3.8, 4) is 6.07 Å². The maximum absolute atomic E-state index is 8.71. The highest BCUT2D eigenvalue weighted by Crippen LogP contribution is 2.17. The zero-order chi connectivity index (χ0) is 13.5. The minimum atomic E-state index is 0.0610. The number of hydrogen-bond donors (Lipinski definition) is 2. The van der Waals surface area contributed by atoms with Crippen molar-refractivity contribution in [3.05, 3.63) is 11.9 Å². The Morgan fingerprint density at radius 3 is 2.89 bits per heavy atom. The molecule has 0 aliphatic carbocycles. The molecule has 0 aliphatic rings. The van der Waals surface area contributed by atoms with Gasteiger partial charge < -0.3 is 15.1 Å². The standard InChI is InChI=1S/C11H18N6O/c1-8(4-5-12)17(2)11-6-9(16-13)14-10(15-11)7-18-3/h6,8H,4,7,13H2,1-3H3,(H,14,15,16). The molecule has 0 aromatic carbocycles. The van der Waals surface area contributed by atoms with Crippen LogP contribution in [0.2, 0.25) is 0 Å². The fourth-order valence-corrected chi connectivity index (χ4v) is 1.43. The van der Waals surface area contributed by atoms with Gasteiger partial charge in [0.05, 0.1) is 12.5 Å². The lowest BCUT2D eigenvalue weighted by molar-refractivity contribution is 0.178. The summed E-state index contributed by atoms with van der Waals surface area (Å²) in [6.07, 6.45) is 0.422. The van der Waals surface area contributed by atoms with Gasteiger partial charge in [-0.15, -0.1) is 0 Å². The van der Waals surface area contributed by atoms with Crippen LogP contribution in [0.3, 0.4) is 0 Å². The Hall–Kier alpha value is -1.91. The van der Waals surface area contributed by atoms with Crippen molar-refractivity contribution in [1.82, 2.24) is 9.97 Å². The van der Waals surface area contributed by atoms with Gasteiger partial charge >= 0.3 is 0 Å². The smallest absolute Gasteiger partial charge is 0.158 e. The molecule has 7 heteroatoms. The van der Waals surface area contributed by atoms with Crippen molar-refractivity contribution in [2.24, 2.45) is 5.84 Å². The largest absolute Gasteiger partial charge is 0.377 e. The summed E-state index contributed by atoms with van der Waals surface area (Å²) in [5.41, 5.74) is 2.49. The Bertz CT molecular complexity index is 430. The van der Waals surface area contributed by atoms with E-state index < -0.39 is 0 Å². The van der Waals surface area contributed by atoms with E-state index in [2.05, 4.69) is 21.5 Å². The third-order valence-corrected chi connectivity index (χ3v) is 2.59. The van der Waals surface area contributed by atoms with E-state index >= 15 is 0 Å². The molecule has 7 nitrogen and oxygen atoms in total. The van der Waals surface area contributed by atoms with Crippen LogP contribution < -0.4 is 16.2 Å². The van der Waals surface area contributed by atoms with Crippen molar-refractivity contribution in [2.45, 2.75) is 26.0 Å². The number of anilines is 2. The summed E-state index contributed by atoms with van der Waals surface area (Å²) in [7, 11) is 3.45. The third kappa shape index (κ3) is 3.55. The molecule has 3 N–H and O–H groups in total. The number of nitrogen functional groups attached to an aromatic ring is 1. The molecule has 98 valence electrons. The molecule has 1 aromatic rings. The van der Waals surface area contributed by atoms with Gasteiger partial charge in [-0.3, -0.25) is 0 Å². The van der Waals surface area contributed by atoms with E-state index in [9.17, 15) is 0 Å². The minimum Gasteiger partial charge on any atom is -0.377 e. The molecule has 0 saturated heterocycles. The zero-order valence-electron chi connectivity index (χ0n) is 10.8. The number of hydrazine groups is 1. The summed E-state index contributed by atoms with van der Waals surface area (Å²) >= 11 is 0. The lowest BCUT2D eigenvalue weighted by Crippen LogP contribution is -2.29. The van der Waals surface area contributed by atoms with Crippen LogP contribution in [-0.4, -0.2) is 30.2 Å². The van der Waals surface area contributed by atoms with E-state index in [1.165, 1.54) is 0 Å². The number of nitrogens with zero attached hydrogens (tertiary/aromatic N) is 4. The van der Waals surface area contributed by atoms with E-state index in [1.54, 1.807) is 13.2 Å².